The van der Waals surface area contributed by atoms with Gasteiger partial charge in [0.1, 0.15) is 11.6 Å². The monoisotopic (exact) mass is 280 g/mol. The average Bonchev–Trinajstić information content (AvgIpc) is 2.43. The Bertz CT molecular complexity index is 483. The maximum Gasteiger partial charge on any atom is 0.311 e. The summed E-state index contributed by atoms with van der Waals surface area (Å²) >= 11 is 0. The molecule has 5 heteroatoms. The molecule has 4 nitrogen and oxygen atoms in total. The van der Waals surface area contributed by atoms with Crippen molar-refractivity contribution in [2.45, 2.75) is 26.2 Å². The Labute approximate surface area is 116 Å². The van der Waals surface area contributed by atoms with Gasteiger partial charge in [0.05, 0.1) is 18.9 Å². The molecule has 20 heavy (non-hydrogen) atoms. The Morgan fingerprint density at radius 2 is 2.10 bits per heavy atom. The lowest BCUT2D eigenvalue weighted by atomic mass is 9.89. The molecule has 0 bridgehead atoms. The van der Waals surface area contributed by atoms with Crippen LogP contribution in [0.3, 0.4) is 0 Å². The summed E-state index contributed by atoms with van der Waals surface area (Å²) in [4.78, 5) is 23.2. The molecule has 1 heterocycles. The van der Waals surface area contributed by atoms with Gasteiger partial charge in [0.15, 0.2) is 0 Å². The van der Waals surface area contributed by atoms with E-state index >= 15 is 0 Å². The van der Waals surface area contributed by atoms with Crippen molar-refractivity contribution in [1.29, 1.82) is 0 Å². The maximum atomic E-state index is 12.7. The number of carbonyl (C=O) groups is 2. The van der Waals surface area contributed by atoms with Gasteiger partial charge in [-0.15, -0.1) is 0 Å². The Balaban J connectivity index is 1.85. The van der Waals surface area contributed by atoms with Crippen LogP contribution in [0.1, 0.15) is 26.2 Å². The van der Waals surface area contributed by atoms with E-state index in [1.54, 1.807) is 0 Å². The van der Waals surface area contributed by atoms with E-state index in [-0.39, 0.29) is 36.7 Å². The van der Waals surface area contributed by atoms with Crippen molar-refractivity contribution in [2.24, 2.45) is 11.8 Å². The molecule has 1 fully saturated rings. The topological polar surface area (TPSA) is 52.6 Å². The van der Waals surface area contributed by atoms with Gasteiger partial charge in [0.2, 0.25) is 0 Å². The van der Waals surface area contributed by atoms with E-state index in [4.69, 9.17) is 9.47 Å². The number of cyclic esters (lactones) is 1. The molecule has 0 saturated carbocycles. The van der Waals surface area contributed by atoms with Crippen LogP contribution in [0.5, 0.6) is 5.75 Å². The number of carbonyl (C=O) groups excluding carboxylic acids is 2. The second kappa shape index (κ2) is 6.50. The zero-order chi connectivity index (χ0) is 14.5. The minimum Gasteiger partial charge on any atom is -0.465 e. The van der Waals surface area contributed by atoms with Crippen LogP contribution in [0, 0.1) is 17.7 Å². The summed E-state index contributed by atoms with van der Waals surface area (Å²) in [6.07, 6.45) is 1.55. The molecule has 1 aliphatic heterocycles. The second-order valence-electron chi connectivity index (χ2n) is 4.97. The van der Waals surface area contributed by atoms with Crippen molar-refractivity contribution in [3.05, 3.63) is 30.1 Å². The lowest BCUT2D eigenvalue weighted by molar-refractivity contribution is -0.158. The molecule has 1 aliphatic rings. The van der Waals surface area contributed by atoms with Crippen molar-refractivity contribution in [1.82, 2.24) is 0 Å². The summed E-state index contributed by atoms with van der Waals surface area (Å²) in [5.74, 6) is -0.783. The summed E-state index contributed by atoms with van der Waals surface area (Å²) in [5, 5.41) is 0. The fraction of sp³-hybridized carbons (Fsp3) is 0.467. The standard InChI is InChI=1S/C15H17FO4/c1-2-11-7-10(9-19-15(11)18)8-14(17)20-13-5-3-12(16)4-6-13/h3-6,10-11H,2,7-9H2,1H3/t10-,11-/m1/s1. The maximum absolute atomic E-state index is 12.7. The van der Waals surface area contributed by atoms with Crippen molar-refractivity contribution in [3.63, 3.8) is 0 Å². The van der Waals surface area contributed by atoms with E-state index in [2.05, 4.69) is 0 Å². The molecule has 0 N–H and O–H groups in total. The van der Waals surface area contributed by atoms with Crippen molar-refractivity contribution >= 4 is 11.9 Å². The van der Waals surface area contributed by atoms with E-state index in [0.29, 0.717) is 18.6 Å². The third-order valence-corrected chi connectivity index (χ3v) is 3.41. The fourth-order valence-electron chi connectivity index (χ4n) is 2.27. The van der Waals surface area contributed by atoms with Gasteiger partial charge < -0.3 is 9.47 Å². The largest absolute Gasteiger partial charge is 0.465 e. The van der Waals surface area contributed by atoms with Crippen LogP contribution >= 0.6 is 0 Å². The van der Waals surface area contributed by atoms with E-state index in [1.807, 2.05) is 6.92 Å². The van der Waals surface area contributed by atoms with Gasteiger partial charge in [-0.1, -0.05) is 6.92 Å². The smallest absolute Gasteiger partial charge is 0.311 e. The summed E-state index contributed by atoms with van der Waals surface area (Å²) in [6.45, 7) is 2.18. The lowest BCUT2D eigenvalue weighted by Crippen LogP contribution is -2.32. The molecular formula is C15H17FO4. The third kappa shape index (κ3) is 3.79. The van der Waals surface area contributed by atoms with Gasteiger partial charge in [-0.2, -0.15) is 0 Å². The number of esters is 2. The highest BCUT2D eigenvalue weighted by Gasteiger charge is 2.30. The highest BCUT2D eigenvalue weighted by Crippen LogP contribution is 2.26. The Morgan fingerprint density at radius 3 is 2.75 bits per heavy atom. The molecule has 1 aromatic rings. The molecule has 0 aliphatic carbocycles. The van der Waals surface area contributed by atoms with E-state index in [1.165, 1.54) is 24.3 Å². The minimum absolute atomic E-state index is 0.00871. The highest BCUT2D eigenvalue weighted by atomic mass is 19.1. The zero-order valence-corrected chi connectivity index (χ0v) is 11.3. The van der Waals surface area contributed by atoms with Gasteiger partial charge in [0, 0.05) is 5.92 Å². The molecule has 1 aromatic carbocycles. The molecular weight excluding hydrogens is 263 g/mol. The van der Waals surface area contributed by atoms with Gasteiger partial charge in [-0.25, -0.2) is 4.39 Å². The Kier molecular flexibility index (Phi) is 4.71. The number of rotatable bonds is 4. The first-order chi connectivity index (χ1) is 9.58. The first-order valence-electron chi connectivity index (χ1n) is 6.71. The number of benzene rings is 1. The van der Waals surface area contributed by atoms with Crippen LogP contribution in [-0.4, -0.2) is 18.5 Å². The number of ether oxygens (including phenoxy) is 2. The molecule has 1 saturated heterocycles. The minimum atomic E-state index is -0.394. The zero-order valence-electron chi connectivity index (χ0n) is 11.3. The third-order valence-electron chi connectivity index (χ3n) is 3.41. The van der Waals surface area contributed by atoms with Crippen LogP contribution in [0.2, 0.25) is 0 Å². The predicted octanol–water partition coefficient (Wildman–Crippen LogP) is 2.71. The molecule has 0 spiro atoms. The molecule has 2 rings (SSSR count). The summed E-state index contributed by atoms with van der Waals surface area (Å²) in [5.41, 5.74) is 0. The van der Waals surface area contributed by atoms with Crippen LogP contribution < -0.4 is 4.74 Å². The number of hydrogen-bond donors (Lipinski definition) is 0. The SMILES string of the molecule is CC[C@@H]1C[C@H](CC(=O)Oc2ccc(F)cc2)COC1=O. The molecule has 108 valence electrons. The summed E-state index contributed by atoms with van der Waals surface area (Å²) in [7, 11) is 0. The first kappa shape index (κ1) is 14.5. The number of halogens is 1. The highest BCUT2D eigenvalue weighted by molar-refractivity contribution is 5.75. The second-order valence-corrected chi connectivity index (χ2v) is 4.97. The van der Waals surface area contributed by atoms with E-state index in [0.717, 1.165) is 0 Å². The van der Waals surface area contributed by atoms with Crippen LogP contribution in [0.25, 0.3) is 0 Å². The van der Waals surface area contributed by atoms with E-state index < -0.39 is 5.97 Å². The van der Waals surface area contributed by atoms with Crippen molar-refractivity contribution in [3.8, 4) is 5.75 Å². The predicted molar refractivity (Wildman–Crippen MR) is 69.5 cm³/mol. The first-order valence-corrected chi connectivity index (χ1v) is 6.71. The van der Waals surface area contributed by atoms with Gasteiger partial charge in [0.25, 0.3) is 0 Å². The van der Waals surface area contributed by atoms with Crippen molar-refractivity contribution in [2.75, 3.05) is 6.61 Å². The van der Waals surface area contributed by atoms with Gasteiger partial charge in [-0.05, 0) is 37.1 Å². The van der Waals surface area contributed by atoms with Gasteiger partial charge >= 0.3 is 11.9 Å². The molecule has 0 aromatic heterocycles. The van der Waals surface area contributed by atoms with Crippen LogP contribution in [0.15, 0.2) is 24.3 Å². The molecule has 0 radical (unpaired) electrons. The fourth-order valence-corrected chi connectivity index (χ4v) is 2.27. The molecule has 0 unspecified atom stereocenters. The summed E-state index contributed by atoms with van der Waals surface area (Å²) in [6, 6.07) is 5.28. The quantitative estimate of drug-likeness (QED) is 0.628. The normalized spacial score (nSPS) is 22.2. The summed E-state index contributed by atoms with van der Waals surface area (Å²) < 4.78 is 22.9. The van der Waals surface area contributed by atoms with E-state index in [9.17, 15) is 14.0 Å². The average molecular weight is 280 g/mol. The number of hydrogen-bond acceptors (Lipinski definition) is 4. The lowest BCUT2D eigenvalue weighted by Gasteiger charge is -2.26. The molecule has 2 atom stereocenters. The van der Waals surface area contributed by atoms with Crippen LogP contribution in [0.4, 0.5) is 4.39 Å². The van der Waals surface area contributed by atoms with Gasteiger partial charge in [-0.3, -0.25) is 9.59 Å². The Morgan fingerprint density at radius 1 is 1.40 bits per heavy atom. The van der Waals surface area contributed by atoms with Crippen LogP contribution in [-0.2, 0) is 14.3 Å². The molecule has 0 amide bonds. The van der Waals surface area contributed by atoms with Crippen molar-refractivity contribution < 1.29 is 23.5 Å². The Hall–Kier alpha value is -1.91.